The Morgan fingerprint density at radius 1 is 1.42 bits per heavy atom. The first-order valence-electron chi connectivity index (χ1n) is 7.90. The number of carbonyl (C=O) groups excluding carboxylic acids is 1. The molecule has 1 fully saturated rings. The van der Waals surface area contributed by atoms with Gasteiger partial charge in [-0.25, -0.2) is 4.79 Å². The number of hydrogen-bond donors (Lipinski definition) is 2. The second-order valence-corrected chi connectivity index (χ2v) is 6.73. The number of benzene rings is 1. The number of nitrogens with zero attached hydrogens (tertiary/aromatic N) is 1. The van der Waals surface area contributed by atoms with Crippen LogP contribution in [0.4, 0.5) is 0 Å². The molecule has 1 heterocycles. The van der Waals surface area contributed by atoms with E-state index in [0.29, 0.717) is 6.54 Å². The number of hydrogen-bond acceptors (Lipinski definition) is 4. The van der Waals surface area contributed by atoms with Gasteiger partial charge in [-0.15, -0.1) is 0 Å². The molecule has 122 valence electrons. The predicted octanol–water partition coefficient (Wildman–Crippen LogP) is 3.22. The van der Waals surface area contributed by atoms with Crippen LogP contribution in [-0.2, 0) is 10.2 Å². The molecule has 0 radical (unpaired) electrons. The molecule has 1 aromatic carbocycles. The lowest BCUT2D eigenvalue weighted by molar-refractivity contribution is 0.566. The molecule has 4 nitrogen and oxygen atoms in total. The third kappa shape index (κ3) is 2.79. The summed E-state index contributed by atoms with van der Waals surface area (Å²) >= 11 is 6.55. The molecule has 2 aliphatic rings. The summed E-state index contributed by atoms with van der Waals surface area (Å²) in [6, 6.07) is 8.02. The Bertz CT molecular complexity index is 850. The molecule has 1 aliphatic carbocycles. The van der Waals surface area contributed by atoms with Crippen LogP contribution < -0.4 is 11.1 Å². The van der Waals surface area contributed by atoms with Gasteiger partial charge >= 0.3 is 0 Å². The molecule has 5 heteroatoms. The molecule has 3 N–H and O–H groups in total. The first-order chi connectivity index (χ1) is 11.5. The molecule has 0 amide bonds. The van der Waals surface area contributed by atoms with E-state index in [9.17, 15) is 10.1 Å². The molecular formula is C19H18ClN3O. The molecule has 3 rings (SSSR count). The summed E-state index contributed by atoms with van der Waals surface area (Å²) in [6.45, 7) is 2.51. The molecule has 0 atom stereocenters. The second kappa shape index (κ2) is 6.30. The maximum Gasteiger partial charge on any atom is 0.151 e. The van der Waals surface area contributed by atoms with E-state index in [1.165, 1.54) is 0 Å². The van der Waals surface area contributed by atoms with Gasteiger partial charge in [0, 0.05) is 16.3 Å². The predicted molar refractivity (Wildman–Crippen MR) is 94.7 cm³/mol. The van der Waals surface area contributed by atoms with Crippen molar-refractivity contribution < 1.29 is 4.79 Å². The second-order valence-electron chi connectivity index (χ2n) is 6.32. The highest BCUT2D eigenvalue weighted by atomic mass is 35.5. The lowest BCUT2D eigenvalue weighted by Gasteiger charge is -2.20. The van der Waals surface area contributed by atoms with E-state index in [0.717, 1.165) is 46.7 Å². The molecule has 0 aromatic heterocycles. The number of nitrogens with two attached hydrogens (primary N) is 1. The fraction of sp³-hybridized carbons (Fsp3) is 0.316. The summed E-state index contributed by atoms with van der Waals surface area (Å²) in [5.74, 6) is 1.76. The Morgan fingerprint density at radius 2 is 2.17 bits per heavy atom. The van der Waals surface area contributed by atoms with E-state index in [4.69, 9.17) is 17.3 Å². The average Bonchev–Trinajstić information content (AvgIpc) is 3.35. The lowest BCUT2D eigenvalue weighted by atomic mass is 9.89. The van der Waals surface area contributed by atoms with Crippen LogP contribution in [0.15, 0.2) is 41.2 Å². The number of rotatable bonds is 4. The van der Waals surface area contributed by atoms with Gasteiger partial charge < -0.3 is 11.1 Å². The molecule has 0 unspecified atom stereocenters. The van der Waals surface area contributed by atoms with Crippen molar-refractivity contribution in [2.75, 3.05) is 6.54 Å². The largest absolute Gasteiger partial charge is 0.348 e. The Hall–Kier alpha value is -2.31. The van der Waals surface area contributed by atoms with Crippen molar-refractivity contribution >= 4 is 23.1 Å². The van der Waals surface area contributed by atoms with E-state index in [1.807, 2.05) is 25.1 Å². The zero-order chi connectivity index (χ0) is 17.3. The summed E-state index contributed by atoms with van der Waals surface area (Å²) in [5, 5.41) is 12.9. The zero-order valence-electron chi connectivity index (χ0n) is 13.4. The maximum absolute atomic E-state index is 10.9. The number of nitrogens with one attached hydrogen (secondary N) is 1. The summed E-state index contributed by atoms with van der Waals surface area (Å²) in [5.41, 5.74) is 10.0. The number of allylic oxidation sites excluding steroid dienone is 4. The van der Waals surface area contributed by atoms with E-state index in [-0.39, 0.29) is 16.7 Å². The first-order valence-corrected chi connectivity index (χ1v) is 8.28. The molecule has 24 heavy (non-hydrogen) atoms. The van der Waals surface area contributed by atoms with Gasteiger partial charge in [0.15, 0.2) is 5.94 Å². The number of halogens is 1. The zero-order valence-corrected chi connectivity index (χ0v) is 14.2. The minimum absolute atomic E-state index is 0.139. The average molecular weight is 340 g/mol. The van der Waals surface area contributed by atoms with Gasteiger partial charge in [0.1, 0.15) is 11.8 Å². The van der Waals surface area contributed by atoms with Crippen molar-refractivity contribution in [1.29, 1.82) is 5.26 Å². The van der Waals surface area contributed by atoms with Crippen molar-refractivity contribution in [2.24, 2.45) is 5.73 Å². The number of nitriles is 1. The Labute approximate surface area is 146 Å². The summed E-state index contributed by atoms with van der Waals surface area (Å²) in [4.78, 5) is 10.9. The van der Waals surface area contributed by atoms with Crippen molar-refractivity contribution in [3.05, 3.63) is 57.4 Å². The monoisotopic (exact) mass is 339 g/mol. The van der Waals surface area contributed by atoms with Gasteiger partial charge in [-0.3, -0.25) is 0 Å². The fourth-order valence-electron chi connectivity index (χ4n) is 3.31. The number of dihydropyridines is 1. The smallest absolute Gasteiger partial charge is 0.151 e. The van der Waals surface area contributed by atoms with Crippen molar-refractivity contribution in [3.63, 3.8) is 0 Å². The SMILES string of the molecule is CC1=C(c2ccc(C3(CCN)CC3)c(Cl)c2)C=C(C#N)C(=C=O)N1. The topological polar surface area (TPSA) is 78.9 Å². The summed E-state index contributed by atoms with van der Waals surface area (Å²) in [7, 11) is 0. The first kappa shape index (κ1) is 16.5. The standard InChI is InChI=1S/C19H18ClN3O/c1-12-15(8-14(10-22)18(11-24)23-12)13-2-3-16(17(20)9-13)19(4-5-19)6-7-21/h2-3,8-9,23H,4-7,21H2,1H3. The van der Waals surface area contributed by atoms with Gasteiger partial charge in [0.2, 0.25) is 0 Å². The van der Waals surface area contributed by atoms with Crippen LogP contribution in [0.25, 0.3) is 5.57 Å². The van der Waals surface area contributed by atoms with Crippen LogP contribution in [-0.4, -0.2) is 12.5 Å². The van der Waals surface area contributed by atoms with Crippen LogP contribution >= 0.6 is 11.6 Å². The molecule has 1 aromatic rings. The van der Waals surface area contributed by atoms with Crippen molar-refractivity contribution in [2.45, 2.75) is 31.6 Å². The van der Waals surface area contributed by atoms with Gasteiger partial charge in [-0.2, -0.15) is 5.26 Å². The van der Waals surface area contributed by atoms with Crippen LogP contribution in [0.5, 0.6) is 0 Å². The Balaban J connectivity index is 2.00. The molecule has 1 saturated carbocycles. The van der Waals surface area contributed by atoms with E-state index in [2.05, 4.69) is 11.4 Å². The quantitative estimate of drug-likeness (QED) is 0.825. The van der Waals surface area contributed by atoms with Crippen LogP contribution in [0, 0.1) is 11.3 Å². The van der Waals surface area contributed by atoms with E-state index >= 15 is 0 Å². The van der Waals surface area contributed by atoms with Gasteiger partial charge in [0.05, 0.1) is 5.57 Å². The highest BCUT2D eigenvalue weighted by Gasteiger charge is 2.44. The summed E-state index contributed by atoms with van der Waals surface area (Å²) in [6.07, 6.45) is 4.89. The minimum atomic E-state index is 0.139. The minimum Gasteiger partial charge on any atom is -0.348 e. The molecule has 0 bridgehead atoms. The van der Waals surface area contributed by atoms with Crippen LogP contribution in [0.3, 0.4) is 0 Å². The van der Waals surface area contributed by atoms with E-state index < -0.39 is 0 Å². The molecule has 1 aliphatic heterocycles. The fourth-order valence-corrected chi connectivity index (χ4v) is 3.69. The van der Waals surface area contributed by atoms with Crippen molar-refractivity contribution in [3.8, 4) is 6.07 Å². The molecular weight excluding hydrogens is 322 g/mol. The highest BCUT2D eigenvalue weighted by molar-refractivity contribution is 6.31. The Kier molecular flexibility index (Phi) is 4.34. The Morgan fingerprint density at radius 3 is 2.71 bits per heavy atom. The third-order valence-corrected chi connectivity index (χ3v) is 5.14. The molecule has 0 saturated heterocycles. The van der Waals surface area contributed by atoms with Gasteiger partial charge in [0.25, 0.3) is 0 Å². The van der Waals surface area contributed by atoms with Crippen molar-refractivity contribution in [1.82, 2.24) is 5.32 Å². The van der Waals surface area contributed by atoms with Crippen LogP contribution in [0.2, 0.25) is 5.02 Å². The normalized spacial score (nSPS) is 18.4. The van der Waals surface area contributed by atoms with Gasteiger partial charge in [-0.1, -0.05) is 23.7 Å². The van der Waals surface area contributed by atoms with Gasteiger partial charge in [-0.05, 0) is 61.4 Å². The maximum atomic E-state index is 10.9. The lowest BCUT2D eigenvalue weighted by Crippen LogP contribution is -2.18. The third-order valence-electron chi connectivity index (χ3n) is 4.82. The van der Waals surface area contributed by atoms with E-state index in [1.54, 1.807) is 12.0 Å². The highest BCUT2D eigenvalue weighted by Crippen LogP contribution is 2.53. The molecule has 0 spiro atoms. The summed E-state index contributed by atoms with van der Waals surface area (Å²) < 4.78 is 0. The van der Waals surface area contributed by atoms with Crippen LogP contribution in [0.1, 0.15) is 37.3 Å².